The first kappa shape index (κ1) is 20.2. The van der Waals surface area contributed by atoms with Crippen molar-refractivity contribution >= 4 is 23.4 Å². The fourth-order valence-corrected chi connectivity index (χ4v) is 5.70. The lowest BCUT2D eigenvalue weighted by atomic mass is 10.2. The number of carbonyl (C=O) groups is 1. The van der Waals surface area contributed by atoms with Crippen LogP contribution >= 0.6 is 11.8 Å². The zero-order valence-electron chi connectivity index (χ0n) is 16.9. The molecule has 0 bridgehead atoms. The number of amides is 1. The molecule has 0 saturated carbocycles. The Morgan fingerprint density at radius 2 is 1.86 bits per heavy atom. The highest BCUT2D eigenvalue weighted by molar-refractivity contribution is 7.99. The van der Waals surface area contributed by atoms with Crippen LogP contribution in [0.15, 0.2) is 24.3 Å². The lowest BCUT2D eigenvalue weighted by molar-refractivity contribution is -0.117. The topological polar surface area (TPSA) is 38.8 Å². The third kappa shape index (κ3) is 5.72. The molecular formula is C22H34N4OS. The van der Waals surface area contributed by atoms with Crippen LogP contribution in [0.4, 0.5) is 5.69 Å². The number of benzene rings is 1. The lowest BCUT2D eigenvalue weighted by Crippen LogP contribution is -2.42. The van der Waals surface area contributed by atoms with Crippen LogP contribution in [0.5, 0.6) is 0 Å². The molecule has 1 atom stereocenters. The summed E-state index contributed by atoms with van der Waals surface area (Å²) in [5.74, 6) is 2.58. The van der Waals surface area contributed by atoms with Crippen molar-refractivity contribution < 1.29 is 4.79 Å². The van der Waals surface area contributed by atoms with Crippen molar-refractivity contribution in [2.75, 3.05) is 62.6 Å². The Labute approximate surface area is 173 Å². The highest BCUT2D eigenvalue weighted by Crippen LogP contribution is 2.21. The first-order chi connectivity index (χ1) is 13.8. The number of carbonyl (C=O) groups excluding carboxylic acids is 1. The predicted molar refractivity (Wildman–Crippen MR) is 118 cm³/mol. The van der Waals surface area contributed by atoms with Gasteiger partial charge in [0.2, 0.25) is 5.91 Å². The van der Waals surface area contributed by atoms with Gasteiger partial charge in [-0.3, -0.25) is 14.6 Å². The maximum Gasteiger partial charge on any atom is 0.238 e. The van der Waals surface area contributed by atoms with Gasteiger partial charge in [0, 0.05) is 49.4 Å². The van der Waals surface area contributed by atoms with Gasteiger partial charge in [-0.2, -0.15) is 11.8 Å². The molecule has 3 aliphatic rings. The van der Waals surface area contributed by atoms with Crippen molar-refractivity contribution in [2.24, 2.45) is 0 Å². The molecule has 1 amide bonds. The summed E-state index contributed by atoms with van der Waals surface area (Å²) < 4.78 is 0. The number of hydrogen-bond acceptors (Lipinski definition) is 5. The number of nitrogens with one attached hydrogen (secondary N) is 1. The summed E-state index contributed by atoms with van der Waals surface area (Å²) in [4.78, 5) is 20.1. The van der Waals surface area contributed by atoms with Gasteiger partial charge in [-0.05, 0) is 63.0 Å². The molecule has 3 aliphatic heterocycles. The molecule has 1 N–H and O–H groups in total. The summed E-state index contributed by atoms with van der Waals surface area (Å²) in [5, 5.41) is 3.14. The Morgan fingerprint density at radius 3 is 2.68 bits per heavy atom. The third-order valence-corrected chi connectivity index (χ3v) is 7.18. The molecule has 0 spiro atoms. The van der Waals surface area contributed by atoms with E-state index in [0.717, 1.165) is 38.4 Å². The lowest BCUT2D eigenvalue weighted by Gasteiger charge is -2.28. The number of nitrogens with zero attached hydrogens (tertiary/aromatic N) is 3. The van der Waals surface area contributed by atoms with Gasteiger partial charge in [-0.15, -0.1) is 0 Å². The fourth-order valence-electron chi connectivity index (χ4n) is 4.72. The Hall–Kier alpha value is -1.08. The zero-order valence-corrected chi connectivity index (χ0v) is 17.8. The number of rotatable bonds is 7. The first-order valence-electron chi connectivity index (χ1n) is 10.9. The molecule has 5 nitrogen and oxygen atoms in total. The Balaban J connectivity index is 1.27. The maximum atomic E-state index is 12.7. The van der Waals surface area contributed by atoms with Crippen LogP contribution in [-0.4, -0.2) is 84.0 Å². The Bertz CT molecular complexity index is 643. The monoisotopic (exact) mass is 402 g/mol. The van der Waals surface area contributed by atoms with E-state index in [4.69, 9.17) is 0 Å². The van der Waals surface area contributed by atoms with Gasteiger partial charge in [-0.25, -0.2) is 0 Å². The largest absolute Gasteiger partial charge is 0.325 e. The SMILES string of the molecule is O=C(CN1CCCC1CN1CCCC1)Nc1cccc(CN2CCSCC2)c1. The Kier molecular flexibility index (Phi) is 7.29. The summed E-state index contributed by atoms with van der Waals surface area (Å²) in [6, 6.07) is 8.94. The second-order valence-corrected chi connectivity index (χ2v) is 9.64. The van der Waals surface area contributed by atoms with Crippen LogP contribution < -0.4 is 5.32 Å². The van der Waals surface area contributed by atoms with Crippen molar-refractivity contribution in [3.8, 4) is 0 Å². The Morgan fingerprint density at radius 1 is 1.04 bits per heavy atom. The van der Waals surface area contributed by atoms with E-state index in [-0.39, 0.29) is 5.91 Å². The van der Waals surface area contributed by atoms with Crippen LogP contribution in [0.2, 0.25) is 0 Å². The van der Waals surface area contributed by atoms with Crippen LogP contribution in [-0.2, 0) is 11.3 Å². The van der Waals surface area contributed by atoms with Crippen LogP contribution in [0.1, 0.15) is 31.2 Å². The molecular weight excluding hydrogens is 368 g/mol. The molecule has 3 heterocycles. The molecule has 154 valence electrons. The summed E-state index contributed by atoms with van der Waals surface area (Å²) in [6.45, 7) is 8.48. The summed E-state index contributed by atoms with van der Waals surface area (Å²) in [6.07, 6.45) is 5.11. The van der Waals surface area contributed by atoms with Gasteiger partial charge in [-0.1, -0.05) is 12.1 Å². The van der Waals surface area contributed by atoms with Gasteiger partial charge < -0.3 is 10.2 Å². The van der Waals surface area contributed by atoms with E-state index in [9.17, 15) is 4.79 Å². The van der Waals surface area contributed by atoms with Crippen molar-refractivity contribution in [2.45, 2.75) is 38.3 Å². The molecule has 1 unspecified atom stereocenters. The molecule has 4 rings (SSSR count). The molecule has 1 aromatic rings. The number of thioether (sulfide) groups is 1. The quantitative estimate of drug-likeness (QED) is 0.759. The fraction of sp³-hybridized carbons (Fsp3) is 0.682. The average molecular weight is 403 g/mol. The number of anilines is 1. The molecule has 6 heteroatoms. The molecule has 1 aromatic carbocycles. The first-order valence-corrected chi connectivity index (χ1v) is 12.1. The molecule has 3 saturated heterocycles. The summed E-state index contributed by atoms with van der Waals surface area (Å²) in [5.41, 5.74) is 2.22. The van der Waals surface area contributed by atoms with E-state index in [1.54, 1.807) is 0 Å². The number of hydrogen-bond donors (Lipinski definition) is 1. The minimum atomic E-state index is 0.125. The van der Waals surface area contributed by atoms with Crippen molar-refractivity contribution in [3.63, 3.8) is 0 Å². The van der Waals surface area contributed by atoms with Crippen LogP contribution in [0.25, 0.3) is 0 Å². The van der Waals surface area contributed by atoms with Gasteiger partial charge >= 0.3 is 0 Å². The minimum absolute atomic E-state index is 0.125. The highest BCUT2D eigenvalue weighted by Gasteiger charge is 2.28. The molecule has 0 radical (unpaired) electrons. The third-order valence-electron chi connectivity index (χ3n) is 6.23. The second-order valence-electron chi connectivity index (χ2n) is 8.41. The van der Waals surface area contributed by atoms with Crippen LogP contribution in [0, 0.1) is 0 Å². The average Bonchev–Trinajstić information content (AvgIpc) is 3.36. The van der Waals surface area contributed by atoms with E-state index < -0.39 is 0 Å². The maximum absolute atomic E-state index is 12.7. The standard InChI is InChI=1S/C22H34N4OS/c27-22(18-26-10-4-7-21(26)17-24-8-1-2-9-24)23-20-6-3-5-19(15-20)16-25-11-13-28-14-12-25/h3,5-6,15,21H,1-2,4,7-14,16-18H2,(H,23,27). The van der Waals surface area contributed by atoms with Crippen LogP contribution in [0.3, 0.4) is 0 Å². The van der Waals surface area contributed by atoms with Gasteiger partial charge in [0.1, 0.15) is 0 Å². The van der Waals surface area contributed by atoms with E-state index in [2.05, 4.69) is 38.2 Å². The van der Waals surface area contributed by atoms with E-state index in [0.29, 0.717) is 12.6 Å². The summed E-state index contributed by atoms with van der Waals surface area (Å²) >= 11 is 2.04. The molecule has 0 aromatic heterocycles. The van der Waals surface area contributed by atoms with Crippen molar-refractivity contribution in [1.82, 2.24) is 14.7 Å². The van der Waals surface area contributed by atoms with E-state index >= 15 is 0 Å². The summed E-state index contributed by atoms with van der Waals surface area (Å²) in [7, 11) is 0. The van der Waals surface area contributed by atoms with Gasteiger partial charge in [0.15, 0.2) is 0 Å². The predicted octanol–water partition coefficient (Wildman–Crippen LogP) is 2.73. The zero-order chi connectivity index (χ0) is 19.2. The minimum Gasteiger partial charge on any atom is -0.325 e. The highest BCUT2D eigenvalue weighted by atomic mass is 32.2. The van der Waals surface area contributed by atoms with E-state index in [1.165, 1.54) is 55.8 Å². The molecule has 0 aliphatic carbocycles. The molecule has 3 fully saturated rings. The van der Waals surface area contributed by atoms with Gasteiger partial charge in [0.05, 0.1) is 6.54 Å². The normalized spacial score (nSPS) is 24.6. The van der Waals surface area contributed by atoms with Gasteiger partial charge in [0.25, 0.3) is 0 Å². The van der Waals surface area contributed by atoms with Crippen molar-refractivity contribution in [1.29, 1.82) is 0 Å². The smallest absolute Gasteiger partial charge is 0.238 e. The number of likely N-dealkylation sites (tertiary alicyclic amines) is 2. The second kappa shape index (κ2) is 10.1. The van der Waals surface area contributed by atoms with E-state index in [1.807, 2.05) is 17.8 Å². The van der Waals surface area contributed by atoms with Crippen molar-refractivity contribution in [3.05, 3.63) is 29.8 Å². The molecule has 28 heavy (non-hydrogen) atoms.